The van der Waals surface area contributed by atoms with Crippen LogP contribution in [0.4, 0.5) is 0 Å². The zero-order valence-electron chi connectivity index (χ0n) is 9.03. The van der Waals surface area contributed by atoms with Crippen molar-refractivity contribution in [2.75, 3.05) is 13.1 Å². The van der Waals surface area contributed by atoms with Gasteiger partial charge in [-0.2, -0.15) is 0 Å². The van der Waals surface area contributed by atoms with Crippen LogP contribution in [-0.4, -0.2) is 29.0 Å². The van der Waals surface area contributed by atoms with Gasteiger partial charge in [-0.3, -0.25) is 14.8 Å². The van der Waals surface area contributed by atoms with Crippen molar-refractivity contribution in [3.8, 4) is 0 Å². The fraction of sp³-hybridized carbons (Fsp3) is 0.500. The van der Waals surface area contributed by atoms with Gasteiger partial charge in [0.2, 0.25) is 5.91 Å². The maximum absolute atomic E-state index is 11.2. The highest BCUT2D eigenvalue weighted by molar-refractivity contribution is 5.77. The minimum atomic E-state index is -0.00626. The largest absolute Gasteiger partial charge is 0.355 e. The highest BCUT2D eigenvalue weighted by Crippen LogP contribution is 2.05. The molecule has 1 atom stereocenters. The third-order valence-electron chi connectivity index (χ3n) is 1.97. The van der Waals surface area contributed by atoms with Gasteiger partial charge in [0.15, 0.2) is 0 Å². The molecule has 1 rings (SSSR count). The molecule has 1 aromatic heterocycles. The van der Waals surface area contributed by atoms with Crippen LogP contribution < -0.4 is 10.6 Å². The van der Waals surface area contributed by atoms with Gasteiger partial charge in [-0.15, -0.1) is 0 Å². The predicted molar refractivity (Wildman–Crippen MR) is 57.1 cm³/mol. The second-order valence-corrected chi connectivity index (χ2v) is 3.19. The standard InChI is InChI=1S/C10H16N4O/c1-3-12-10(15)7-14-8(2)9-6-11-4-5-13-9/h4-6,8,14H,3,7H2,1-2H3,(H,12,15). The number of aromatic nitrogens is 2. The van der Waals surface area contributed by atoms with E-state index >= 15 is 0 Å². The number of nitrogens with zero attached hydrogens (tertiary/aromatic N) is 2. The van der Waals surface area contributed by atoms with Crippen LogP contribution in [0.2, 0.25) is 0 Å². The first-order chi connectivity index (χ1) is 7.24. The van der Waals surface area contributed by atoms with Gasteiger partial charge >= 0.3 is 0 Å². The highest BCUT2D eigenvalue weighted by Gasteiger charge is 2.07. The van der Waals surface area contributed by atoms with Crippen molar-refractivity contribution < 1.29 is 4.79 Å². The van der Waals surface area contributed by atoms with E-state index < -0.39 is 0 Å². The van der Waals surface area contributed by atoms with Crippen LogP contribution in [0.25, 0.3) is 0 Å². The van der Waals surface area contributed by atoms with E-state index in [1.165, 1.54) is 0 Å². The van der Waals surface area contributed by atoms with E-state index in [9.17, 15) is 4.79 Å². The normalized spacial score (nSPS) is 12.1. The summed E-state index contributed by atoms with van der Waals surface area (Å²) in [5, 5.41) is 5.78. The van der Waals surface area contributed by atoms with Crippen molar-refractivity contribution >= 4 is 5.91 Å². The van der Waals surface area contributed by atoms with Crippen LogP contribution in [-0.2, 0) is 4.79 Å². The molecule has 0 saturated carbocycles. The van der Waals surface area contributed by atoms with Crippen molar-refractivity contribution in [2.24, 2.45) is 0 Å². The summed E-state index contributed by atoms with van der Waals surface area (Å²) in [6.07, 6.45) is 4.95. The molecule has 0 aliphatic rings. The van der Waals surface area contributed by atoms with E-state index in [1.807, 2.05) is 13.8 Å². The number of carbonyl (C=O) groups excluding carboxylic acids is 1. The van der Waals surface area contributed by atoms with Crippen LogP contribution in [0.1, 0.15) is 25.6 Å². The second-order valence-electron chi connectivity index (χ2n) is 3.19. The van der Waals surface area contributed by atoms with Crippen molar-refractivity contribution in [2.45, 2.75) is 19.9 Å². The van der Waals surface area contributed by atoms with Crippen molar-refractivity contribution in [3.63, 3.8) is 0 Å². The quantitative estimate of drug-likeness (QED) is 0.728. The zero-order valence-corrected chi connectivity index (χ0v) is 9.03. The highest BCUT2D eigenvalue weighted by atomic mass is 16.1. The Hall–Kier alpha value is -1.49. The summed E-state index contributed by atoms with van der Waals surface area (Å²) >= 11 is 0. The molecule has 5 heteroatoms. The maximum Gasteiger partial charge on any atom is 0.233 e. The van der Waals surface area contributed by atoms with Gasteiger partial charge in [-0.1, -0.05) is 0 Å². The van der Waals surface area contributed by atoms with E-state index in [2.05, 4.69) is 20.6 Å². The van der Waals surface area contributed by atoms with E-state index in [-0.39, 0.29) is 11.9 Å². The maximum atomic E-state index is 11.2. The Kier molecular flexibility index (Phi) is 4.70. The van der Waals surface area contributed by atoms with E-state index in [4.69, 9.17) is 0 Å². The average molecular weight is 208 g/mol. The monoisotopic (exact) mass is 208 g/mol. The molecule has 0 radical (unpaired) electrons. The van der Waals surface area contributed by atoms with E-state index in [1.54, 1.807) is 18.6 Å². The molecule has 0 bridgehead atoms. The van der Waals surface area contributed by atoms with Crippen LogP contribution in [0.15, 0.2) is 18.6 Å². The fourth-order valence-corrected chi connectivity index (χ4v) is 1.14. The summed E-state index contributed by atoms with van der Waals surface area (Å²) in [5.41, 5.74) is 0.835. The minimum Gasteiger partial charge on any atom is -0.355 e. The molecule has 1 amide bonds. The first kappa shape index (κ1) is 11.6. The summed E-state index contributed by atoms with van der Waals surface area (Å²) in [6, 6.07) is 0.0290. The van der Waals surface area contributed by atoms with Crippen LogP contribution in [0.3, 0.4) is 0 Å². The molecule has 1 aromatic rings. The average Bonchev–Trinajstić information content (AvgIpc) is 2.27. The summed E-state index contributed by atoms with van der Waals surface area (Å²) in [5.74, 6) is -0.00626. The summed E-state index contributed by atoms with van der Waals surface area (Å²) in [6.45, 7) is 4.79. The third-order valence-corrected chi connectivity index (χ3v) is 1.97. The summed E-state index contributed by atoms with van der Waals surface area (Å²) < 4.78 is 0. The van der Waals surface area contributed by atoms with Gasteiger partial charge < -0.3 is 10.6 Å². The number of nitrogens with one attached hydrogen (secondary N) is 2. The van der Waals surface area contributed by atoms with Crippen molar-refractivity contribution in [1.82, 2.24) is 20.6 Å². The second kappa shape index (κ2) is 6.08. The van der Waals surface area contributed by atoms with Gasteiger partial charge in [0, 0.05) is 31.2 Å². The van der Waals surface area contributed by atoms with Gasteiger partial charge in [0.1, 0.15) is 0 Å². The summed E-state index contributed by atoms with van der Waals surface area (Å²) in [4.78, 5) is 19.3. The summed E-state index contributed by atoms with van der Waals surface area (Å²) in [7, 11) is 0. The molecule has 0 aliphatic carbocycles. The number of carbonyl (C=O) groups is 1. The lowest BCUT2D eigenvalue weighted by molar-refractivity contribution is -0.120. The van der Waals surface area contributed by atoms with Crippen molar-refractivity contribution in [3.05, 3.63) is 24.3 Å². The SMILES string of the molecule is CCNC(=O)CNC(C)c1cnccn1. The molecular formula is C10H16N4O. The van der Waals surface area contributed by atoms with E-state index in [0.717, 1.165) is 5.69 Å². The molecule has 2 N–H and O–H groups in total. The Morgan fingerprint density at radius 3 is 2.93 bits per heavy atom. The minimum absolute atomic E-state index is 0.00626. The number of amides is 1. The lowest BCUT2D eigenvalue weighted by Crippen LogP contribution is -2.35. The van der Waals surface area contributed by atoms with Gasteiger partial charge in [-0.25, -0.2) is 0 Å². The molecule has 0 saturated heterocycles. The van der Waals surface area contributed by atoms with Crippen LogP contribution in [0.5, 0.6) is 0 Å². The van der Waals surface area contributed by atoms with Crippen LogP contribution in [0, 0.1) is 0 Å². The van der Waals surface area contributed by atoms with Crippen molar-refractivity contribution in [1.29, 1.82) is 0 Å². The lowest BCUT2D eigenvalue weighted by atomic mass is 10.2. The molecule has 0 aromatic carbocycles. The predicted octanol–water partition coefficient (Wildman–Crippen LogP) is 0.263. The lowest BCUT2D eigenvalue weighted by Gasteiger charge is -2.12. The molecule has 1 unspecified atom stereocenters. The topological polar surface area (TPSA) is 66.9 Å². The number of likely N-dealkylation sites (N-methyl/N-ethyl adjacent to an activating group) is 1. The zero-order chi connectivity index (χ0) is 11.1. The molecule has 5 nitrogen and oxygen atoms in total. The molecular weight excluding hydrogens is 192 g/mol. The number of hydrogen-bond donors (Lipinski definition) is 2. The van der Waals surface area contributed by atoms with Gasteiger partial charge in [0.05, 0.1) is 12.2 Å². The molecule has 0 aliphatic heterocycles. The Morgan fingerprint density at radius 1 is 1.53 bits per heavy atom. The third kappa shape index (κ3) is 4.03. The Labute approximate surface area is 89.3 Å². The Morgan fingerprint density at radius 2 is 2.33 bits per heavy atom. The molecule has 0 fully saturated rings. The molecule has 15 heavy (non-hydrogen) atoms. The Balaban J connectivity index is 2.37. The Bertz CT molecular complexity index is 302. The molecule has 1 heterocycles. The van der Waals surface area contributed by atoms with E-state index in [0.29, 0.717) is 13.1 Å². The van der Waals surface area contributed by atoms with Gasteiger partial charge in [-0.05, 0) is 13.8 Å². The number of hydrogen-bond acceptors (Lipinski definition) is 4. The number of rotatable bonds is 5. The molecule has 82 valence electrons. The van der Waals surface area contributed by atoms with Gasteiger partial charge in [0.25, 0.3) is 0 Å². The first-order valence-electron chi connectivity index (χ1n) is 5.00. The first-order valence-corrected chi connectivity index (χ1v) is 5.00. The smallest absolute Gasteiger partial charge is 0.233 e. The fourth-order valence-electron chi connectivity index (χ4n) is 1.14. The molecule has 0 spiro atoms. The van der Waals surface area contributed by atoms with Crippen LogP contribution >= 0.6 is 0 Å².